The lowest BCUT2D eigenvalue weighted by molar-refractivity contribution is -0.135. The highest BCUT2D eigenvalue weighted by Crippen LogP contribution is 2.42. The molecule has 9 heteroatoms. The molecule has 4 heterocycles. The molecule has 3 aliphatic rings. The van der Waals surface area contributed by atoms with Gasteiger partial charge in [-0.05, 0) is 62.4 Å². The van der Waals surface area contributed by atoms with Crippen LogP contribution in [0.3, 0.4) is 0 Å². The number of ketones is 1. The molecule has 2 saturated heterocycles. The summed E-state index contributed by atoms with van der Waals surface area (Å²) in [6, 6.07) is 6.98. The van der Waals surface area contributed by atoms with Gasteiger partial charge in [-0.3, -0.25) is 9.59 Å². The SMILES string of the molecule is CN1CCC2(CCN(c3nccnc3Oc3ccc(C(=O)c4nc5c([nH]4)CCC=C5)cc3)CC2)C1=O. The Hall–Kier alpha value is -4.01. The van der Waals surface area contributed by atoms with Crippen molar-refractivity contribution in [2.45, 2.75) is 32.1 Å². The highest BCUT2D eigenvalue weighted by atomic mass is 16.5. The molecule has 1 aliphatic carbocycles. The Balaban J connectivity index is 1.15. The number of aromatic nitrogens is 4. The molecule has 1 amide bonds. The van der Waals surface area contributed by atoms with Gasteiger partial charge in [-0.15, -0.1) is 0 Å². The lowest BCUT2D eigenvalue weighted by atomic mass is 9.77. The molecule has 6 rings (SSSR count). The minimum atomic E-state index is -0.236. The van der Waals surface area contributed by atoms with Crippen molar-refractivity contribution in [3.05, 3.63) is 65.5 Å². The maximum Gasteiger partial charge on any atom is 0.263 e. The normalized spacial score (nSPS) is 18.5. The van der Waals surface area contributed by atoms with Crippen LogP contribution in [0.5, 0.6) is 11.6 Å². The number of rotatable bonds is 5. The maximum atomic E-state index is 12.9. The molecule has 1 N–H and O–H groups in total. The first-order valence-corrected chi connectivity index (χ1v) is 12.4. The van der Waals surface area contributed by atoms with Crippen LogP contribution in [-0.4, -0.2) is 63.2 Å². The van der Waals surface area contributed by atoms with Crippen molar-refractivity contribution < 1.29 is 14.3 Å². The Morgan fingerprint density at radius 2 is 1.81 bits per heavy atom. The highest BCUT2D eigenvalue weighted by molar-refractivity contribution is 6.06. The second kappa shape index (κ2) is 8.89. The van der Waals surface area contributed by atoms with Gasteiger partial charge in [0, 0.05) is 50.3 Å². The third-order valence-corrected chi connectivity index (χ3v) is 7.59. The summed E-state index contributed by atoms with van der Waals surface area (Å²) in [6.07, 6.45) is 11.6. The van der Waals surface area contributed by atoms with Gasteiger partial charge < -0.3 is 19.5 Å². The van der Waals surface area contributed by atoms with Gasteiger partial charge in [0.2, 0.25) is 11.7 Å². The molecule has 1 spiro atoms. The van der Waals surface area contributed by atoms with Gasteiger partial charge in [-0.25, -0.2) is 15.0 Å². The van der Waals surface area contributed by atoms with Crippen molar-refractivity contribution in [3.8, 4) is 11.6 Å². The minimum absolute atomic E-state index is 0.154. The molecule has 1 aromatic carbocycles. The third-order valence-electron chi connectivity index (χ3n) is 7.59. The molecule has 0 unspecified atom stereocenters. The van der Waals surface area contributed by atoms with Gasteiger partial charge in [-0.2, -0.15) is 0 Å². The molecule has 36 heavy (non-hydrogen) atoms. The highest BCUT2D eigenvalue weighted by Gasteiger charge is 2.47. The van der Waals surface area contributed by atoms with E-state index >= 15 is 0 Å². The standard InChI is InChI=1S/C27H28N6O3/c1-32-15-10-27(26(32)35)11-16-33(17-12-27)24-25(29-14-13-28-24)36-19-8-6-18(7-9-19)22(34)23-30-20-4-2-3-5-21(20)31-23/h2,4,6-9,13-14H,3,5,10-12,15-17H2,1H3,(H,30,31). The summed E-state index contributed by atoms with van der Waals surface area (Å²) in [5.41, 5.74) is 2.14. The van der Waals surface area contributed by atoms with E-state index in [0.29, 0.717) is 28.8 Å². The lowest BCUT2D eigenvalue weighted by Gasteiger charge is -2.38. The summed E-state index contributed by atoms with van der Waals surface area (Å²) in [5, 5.41) is 0. The number of ether oxygens (including phenoxy) is 1. The van der Waals surface area contributed by atoms with E-state index in [4.69, 9.17) is 4.74 Å². The van der Waals surface area contributed by atoms with Crippen LogP contribution in [0.4, 0.5) is 5.82 Å². The first kappa shape index (κ1) is 22.5. The van der Waals surface area contributed by atoms with Gasteiger partial charge in [0.1, 0.15) is 5.75 Å². The zero-order valence-electron chi connectivity index (χ0n) is 20.2. The zero-order valence-corrected chi connectivity index (χ0v) is 20.2. The monoisotopic (exact) mass is 484 g/mol. The fraction of sp³-hybridized carbons (Fsp3) is 0.370. The van der Waals surface area contributed by atoms with Crippen LogP contribution in [-0.2, 0) is 11.2 Å². The predicted molar refractivity (Wildman–Crippen MR) is 134 cm³/mol. The number of hydrogen-bond acceptors (Lipinski definition) is 7. The molecule has 0 atom stereocenters. The largest absolute Gasteiger partial charge is 0.436 e. The van der Waals surface area contributed by atoms with Gasteiger partial charge >= 0.3 is 0 Å². The van der Waals surface area contributed by atoms with Gasteiger partial charge in [0.05, 0.1) is 11.1 Å². The van der Waals surface area contributed by atoms with Crippen LogP contribution in [0.15, 0.2) is 42.7 Å². The Kier molecular flexibility index (Phi) is 5.55. The van der Waals surface area contributed by atoms with E-state index in [0.717, 1.165) is 63.1 Å². The van der Waals surface area contributed by atoms with Gasteiger partial charge in [0.25, 0.3) is 5.88 Å². The fourth-order valence-corrected chi connectivity index (χ4v) is 5.42. The summed E-state index contributed by atoms with van der Waals surface area (Å²) in [6.45, 7) is 2.28. The third kappa shape index (κ3) is 3.94. The number of carbonyl (C=O) groups is 2. The molecule has 0 bridgehead atoms. The molecular weight excluding hydrogens is 456 g/mol. The molecule has 2 aromatic heterocycles. The summed E-state index contributed by atoms with van der Waals surface area (Å²) in [7, 11) is 1.89. The molecule has 2 aliphatic heterocycles. The topological polar surface area (TPSA) is 104 Å². The van der Waals surface area contributed by atoms with E-state index in [-0.39, 0.29) is 17.1 Å². The second-order valence-electron chi connectivity index (χ2n) is 9.77. The number of allylic oxidation sites excluding steroid dienone is 1. The Bertz CT molecular complexity index is 1340. The number of likely N-dealkylation sites (tertiary alicyclic amines) is 1. The molecule has 0 radical (unpaired) electrons. The molecule has 184 valence electrons. The lowest BCUT2D eigenvalue weighted by Crippen LogP contribution is -2.44. The van der Waals surface area contributed by atoms with Crippen LogP contribution < -0.4 is 9.64 Å². The Morgan fingerprint density at radius 1 is 1.06 bits per heavy atom. The smallest absolute Gasteiger partial charge is 0.263 e. The quantitative estimate of drug-likeness (QED) is 0.552. The number of imidazole rings is 1. The van der Waals surface area contributed by atoms with Crippen LogP contribution in [0.25, 0.3) is 6.08 Å². The number of nitrogens with one attached hydrogen (secondary N) is 1. The van der Waals surface area contributed by atoms with Gasteiger partial charge in [-0.1, -0.05) is 6.08 Å². The van der Waals surface area contributed by atoms with Crippen LogP contribution in [0.1, 0.15) is 53.3 Å². The maximum absolute atomic E-state index is 12.9. The molecule has 3 aromatic rings. The van der Waals surface area contributed by atoms with Crippen molar-refractivity contribution in [2.75, 3.05) is 31.6 Å². The number of benzene rings is 1. The van der Waals surface area contributed by atoms with Crippen LogP contribution in [0.2, 0.25) is 0 Å². The number of aromatic amines is 1. The Morgan fingerprint density at radius 3 is 2.53 bits per heavy atom. The van der Waals surface area contributed by atoms with Crippen LogP contribution in [0, 0.1) is 5.41 Å². The van der Waals surface area contributed by atoms with E-state index < -0.39 is 0 Å². The van der Waals surface area contributed by atoms with Crippen molar-refractivity contribution in [1.29, 1.82) is 0 Å². The summed E-state index contributed by atoms with van der Waals surface area (Å²) >= 11 is 0. The number of piperidine rings is 1. The van der Waals surface area contributed by atoms with Crippen molar-refractivity contribution in [3.63, 3.8) is 0 Å². The zero-order chi connectivity index (χ0) is 24.7. The first-order chi connectivity index (χ1) is 17.5. The number of anilines is 1. The first-order valence-electron chi connectivity index (χ1n) is 12.4. The fourth-order valence-electron chi connectivity index (χ4n) is 5.42. The molecular formula is C27H28N6O3. The molecule has 0 saturated carbocycles. The van der Waals surface area contributed by atoms with E-state index in [1.807, 2.05) is 18.0 Å². The number of fused-ring (bicyclic) bond motifs is 1. The number of amides is 1. The van der Waals surface area contributed by atoms with Crippen molar-refractivity contribution >= 4 is 23.6 Å². The Labute approximate surface area is 209 Å². The van der Waals surface area contributed by atoms with E-state index in [9.17, 15) is 9.59 Å². The second-order valence-corrected chi connectivity index (χ2v) is 9.77. The summed E-state index contributed by atoms with van der Waals surface area (Å²) in [4.78, 5) is 46.2. The number of aryl methyl sites for hydroxylation is 1. The summed E-state index contributed by atoms with van der Waals surface area (Å²) < 4.78 is 6.09. The summed E-state index contributed by atoms with van der Waals surface area (Å²) in [5.74, 6) is 2.10. The van der Waals surface area contributed by atoms with E-state index in [1.165, 1.54) is 0 Å². The van der Waals surface area contributed by atoms with E-state index in [2.05, 4.69) is 30.9 Å². The average molecular weight is 485 g/mol. The van der Waals surface area contributed by atoms with Crippen molar-refractivity contribution in [1.82, 2.24) is 24.8 Å². The van der Waals surface area contributed by atoms with E-state index in [1.54, 1.807) is 36.7 Å². The number of H-pyrrole nitrogens is 1. The number of nitrogens with zero attached hydrogens (tertiary/aromatic N) is 5. The average Bonchev–Trinajstić information content (AvgIpc) is 3.47. The van der Waals surface area contributed by atoms with Crippen LogP contribution >= 0.6 is 0 Å². The number of carbonyl (C=O) groups excluding carboxylic acids is 2. The number of hydrogen-bond donors (Lipinski definition) is 1. The van der Waals surface area contributed by atoms with Crippen molar-refractivity contribution in [2.24, 2.45) is 5.41 Å². The minimum Gasteiger partial charge on any atom is -0.436 e. The molecule has 2 fully saturated rings. The van der Waals surface area contributed by atoms with Gasteiger partial charge in [0.15, 0.2) is 11.6 Å². The predicted octanol–water partition coefficient (Wildman–Crippen LogP) is 3.63. The molecule has 9 nitrogen and oxygen atoms in total.